The Labute approximate surface area is 137 Å². The van der Waals surface area contributed by atoms with Crippen molar-refractivity contribution in [1.29, 1.82) is 0 Å². The molecule has 0 radical (unpaired) electrons. The molecule has 0 fully saturated rings. The van der Waals surface area contributed by atoms with Gasteiger partial charge in [-0.3, -0.25) is 4.79 Å². The van der Waals surface area contributed by atoms with Gasteiger partial charge in [0.15, 0.2) is 0 Å². The lowest BCUT2D eigenvalue weighted by Gasteiger charge is -2.17. The zero-order valence-electron chi connectivity index (χ0n) is 13.5. The maximum absolute atomic E-state index is 11.9. The minimum Gasteiger partial charge on any atom is -0.325 e. The van der Waals surface area contributed by atoms with Crippen LogP contribution >= 0.6 is 11.8 Å². The number of sulfonamides is 1. The van der Waals surface area contributed by atoms with Crippen LogP contribution in [0.15, 0.2) is 29.2 Å². The van der Waals surface area contributed by atoms with Gasteiger partial charge in [-0.1, -0.05) is 27.7 Å². The van der Waals surface area contributed by atoms with Crippen molar-refractivity contribution in [2.45, 2.75) is 43.8 Å². The van der Waals surface area contributed by atoms with E-state index in [0.29, 0.717) is 18.0 Å². The summed E-state index contributed by atoms with van der Waals surface area (Å²) in [5.74, 6) is 0.265. The largest absolute Gasteiger partial charge is 0.325 e. The van der Waals surface area contributed by atoms with E-state index in [1.807, 2.05) is 27.7 Å². The summed E-state index contributed by atoms with van der Waals surface area (Å²) in [6.07, 6.45) is 0.735. The Bertz CT molecular complexity index is 590. The standard InChI is InChI=1S/C15H24N2O3S2/c1-5-10-16-22(19,20)13-8-6-12(7-9-13)17-14(18)11-21-15(2,3)4/h6-9,16H,5,10-11H2,1-4H3,(H,17,18). The SMILES string of the molecule is CCCNS(=O)(=O)c1ccc(NC(=O)CSC(C)(C)C)cc1. The molecule has 1 amide bonds. The molecule has 0 aliphatic rings. The highest BCUT2D eigenvalue weighted by molar-refractivity contribution is 8.01. The summed E-state index contributed by atoms with van der Waals surface area (Å²) >= 11 is 1.56. The second-order valence-electron chi connectivity index (χ2n) is 5.87. The van der Waals surface area contributed by atoms with Crippen LogP contribution in [-0.4, -0.2) is 31.4 Å². The molecule has 0 bridgehead atoms. The molecule has 2 N–H and O–H groups in total. The van der Waals surface area contributed by atoms with Crippen LogP contribution in [0.5, 0.6) is 0 Å². The predicted octanol–water partition coefficient (Wildman–Crippen LogP) is 2.85. The maximum Gasteiger partial charge on any atom is 0.240 e. The third kappa shape index (κ3) is 6.81. The van der Waals surface area contributed by atoms with Crippen LogP contribution in [0.1, 0.15) is 34.1 Å². The van der Waals surface area contributed by atoms with Gasteiger partial charge in [0.05, 0.1) is 10.6 Å². The molecule has 0 saturated carbocycles. The molecule has 0 aromatic heterocycles. The van der Waals surface area contributed by atoms with Crippen molar-refractivity contribution in [3.8, 4) is 0 Å². The molecule has 22 heavy (non-hydrogen) atoms. The van der Waals surface area contributed by atoms with Gasteiger partial charge in [-0.15, -0.1) is 11.8 Å². The number of amides is 1. The van der Waals surface area contributed by atoms with E-state index < -0.39 is 10.0 Å². The molecular weight excluding hydrogens is 320 g/mol. The fourth-order valence-corrected chi connectivity index (χ4v) is 3.29. The van der Waals surface area contributed by atoms with Crippen molar-refractivity contribution in [2.75, 3.05) is 17.6 Å². The molecule has 7 heteroatoms. The quantitative estimate of drug-likeness (QED) is 0.797. The summed E-state index contributed by atoms with van der Waals surface area (Å²) in [4.78, 5) is 12.0. The van der Waals surface area contributed by atoms with Crippen LogP contribution in [-0.2, 0) is 14.8 Å². The summed E-state index contributed by atoms with van der Waals surface area (Å²) in [6, 6.07) is 6.18. The molecule has 1 aromatic carbocycles. The fourth-order valence-electron chi connectivity index (χ4n) is 1.52. The molecule has 0 saturated heterocycles. The van der Waals surface area contributed by atoms with Crippen LogP contribution in [0, 0.1) is 0 Å². The topological polar surface area (TPSA) is 75.3 Å². The van der Waals surface area contributed by atoms with Gasteiger partial charge in [-0.05, 0) is 30.7 Å². The zero-order valence-corrected chi connectivity index (χ0v) is 15.1. The number of benzene rings is 1. The Kier molecular flexibility index (Phi) is 6.90. The molecule has 0 aliphatic heterocycles. The first-order chi connectivity index (χ1) is 10.1. The Morgan fingerprint density at radius 1 is 1.18 bits per heavy atom. The second-order valence-corrected chi connectivity index (χ2v) is 9.44. The molecule has 5 nitrogen and oxygen atoms in total. The maximum atomic E-state index is 11.9. The molecule has 1 aromatic rings. The first kappa shape index (κ1) is 19.0. The van der Waals surface area contributed by atoms with Crippen LogP contribution in [0.4, 0.5) is 5.69 Å². The number of anilines is 1. The van der Waals surface area contributed by atoms with Crippen molar-refractivity contribution in [3.05, 3.63) is 24.3 Å². The number of hydrogen-bond donors (Lipinski definition) is 2. The summed E-state index contributed by atoms with van der Waals surface area (Å²) < 4.78 is 26.4. The number of carbonyl (C=O) groups excluding carboxylic acids is 1. The van der Waals surface area contributed by atoms with E-state index >= 15 is 0 Å². The van der Waals surface area contributed by atoms with Crippen molar-refractivity contribution < 1.29 is 13.2 Å². The highest BCUT2D eigenvalue weighted by Crippen LogP contribution is 2.23. The third-order valence-electron chi connectivity index (χ3n) is 2.63. The number of nitrogens with one attached hydrogen (secondary N) is 2. The van der Waals surface area contributed by atoms with Crippen LogP contribution in [0.3, 0.4) is 0 Å². The van der Waals surface area contributed by atoms with E-state index in [4.69, 9.17) is 0 Å². The smallest absolute Gasteiger partial charge is 0.240 e. The molecular formula is C15H24N2O3S2. The summed E-state index contributed by atoms with van der Waals surface area (Å²) in [5, 5.41) is 2.76. The van der Waals surface area contributed by atoms with Gasteiger partial charge in [0.25, 0.3) is 0 Å². The van der Waals surface area contributed by atoms with E-state index in [1.165, 1.54) is 12.1 Å². The van der Waals surface area contributed by atoms with Gasteiger partial charge in [-0.2, -0.15) is 0 Å². The van der Waals surface area contributed by atoms with Crippen LogP contribution in [0.2, 0.25) is 0 Å². The third-order valence-corrected chi connectivity index (χ3v) is 5.38. The van der Waals surface area contributed by atoms with Crippen LogP contribution in [0.25, 0.3) is 0 Å². The Hall–Kier alpha value is -1.05. The van der Waals surface area contributed by atoms with Crippen molar-refractivity contribution >= 4 is 33.4 Å². The van der Waals surface area contributed by atoms with E-state index in [0.717, 1.165) is 6.42 Å². The van der Waals surface area contributed by atoms with Gasteiger partial charge in [0, 0.05) is 17.0 Å². The number of thioether (sulfide) groups is 1. The van der Waals surface area contributed by atoms with E-state index in [-0.39, 0.29) is 15.5 Å². The molecule has 0 spiro atoms. The van der Waals surface area contributed by atoms with E-state index in [9.17, 15) is 13.2 Å². The lowest BCUT2D eigenvalue weighted by atomic mass is 10.3. The fraction of sp³-hybridized carbons (Fsp3) is 0.533. The minimum atomic E-state index is -3.46. The molecule has 124 valence electrons. The molecule has 1 rings (SSSR count). The summed E-state index contributed by atoms with van der Waals surface area (Å²) in [7, 11) is -3.46. The molecule has 0 atom stereocenters. The molecule has 0 unspecified atom stereocenters. The average Bonchev–Trinajstić information content (AvgIpc) is 2.43. The van der Waals surface area contributed by atoms with Gasteiger partial charge in [0.2, 0.25) is 15.9 Å². The van der Waals surface area contributed by atoms with Crippen molar-refractivity contribution in [2.24, 2.45) is 0 Å². The normalized spacial score (nSPS) is 12.2. The Balaban J connectivity index is 2.64. The molecule has 0 heterocycles. The highest BCUT2D eigenvalue weighted by atomic mass is 32.2. The number of hydrogen-bond acceptors (Lipinski definition) is 4. The van der Waals surface area contributed by atoms with Crippen molar-refractivity contribution in [1.82, 2.24) is 4.72 Å². The van der Waals surface area contributed by atoms with E-state index in [2.05, 4.69) is 10.0 Å². The summed E-state index contributed by atoms with van der Waals surface area (Å²) in [5.41, 5.74) is 0.592. The minimum absolute atomic E-state index is 0.0280. The average molecular weight is 345 g/mol. The number of carbonyl (C=O) groups is 1. The zero-order chi connectivity index (χ0) is 16.8. The first-order valence-electron chi connectivity index (χ1n) is 7.17. The van der Waals surface area contributed by atoms with Gasteiger partial charge >= 0.3 is 0 Å². The number of rotatable bonds is 7. The predicted molar refractivity (Wildman–Crippen MR) is 92.8 cm³/mol. The first-order valence-corrected chi connectivity index (χ1v) is 9.64. The highest BCUT2D eigenvalue weighted by Gasteiger charge is 2.15. The monoisotopic (exact) mass is 344 g/mol. The van der Waals surface area contributed by atoms with Crippen molar-refractivity contribution in [3.63, 3.8) is 0 Å². The molecule has 0 aliphatic carbocycles. The lowest BCUT2D eigenvalue weighted by molar-refractivity contribution is -0.113. The van der Waals surface area contributed by atoms with Crippen LogP contribution < -0.4 is 10.0 Å². The Morgan fingerprint density at radius 3 is 2.27 bits per heavy atom. The second kappa shape index (κ2) is 7.99. The van der Waals surface area contributed by atoms with Gasteiger partial charge in [-0.25, -0.2) is 13.1 Å². The van der Waals surface area contributed by atoms with E-state index in [1.54, 1.807) is 23.9 Å². The lowest BCUT2D eigenvalue weighted by Crippen LogP contribution is -2.24. The Morgan fingerprint density at radius 2 is 1.77 bits per heavy atom. The summed E-state index contributed by atoms with van der Waals surface area (Å²) in [6.45, 7) is 8.46. The van der Waals surface area contributed by atoms with Gasteiger partial charge < -0.3 is 5.32 Å². The van der Waals surface area contributed by atoms with Gasteiger partial charge in [0.1, 0.15) is 0 Å².